The van der Waals surface area contributed by atoms with E-state index in [0.29, 0.717) is 0 Å². The van der Waals surface area contributed by atoms with Gasteiger partial charge in [-0.1, -0.05) is 41.1 Å². The van der Waals surface area contributed by atoms with E-state index in [1.54, 1.807) is 0 Å². The van der Waals surface area contributed by atoms with Crippen molar-refractivity contribution >= 4 is 15.9 Å². The molecule has 1 fully saturated rings. The molecule has 0 bridgehead atoms. The smallest absolute Gasteiger partial charge is 0.0282 e. The zero-order chi connectivity index (χ0) is 14.1. The highest BCUT2D eigenvalue weighted by Gasteiger charge is 2.39. The summed E-state index contributed by atoms with van der Waals surface area (Å²) >= 11 is 3.66. The molecule has 106 valence electrons. The van der Waals surface area contributed by atoms with Crippen LogP contribution in [0.3, 0.4) is 0 Å². The van der Waals surface area contributed by atoms with E-state index in [4.69, 9.17) is 0 Å². The average Bonchev–Trinajstić information content (AvgIpc) is 2.37. The Balaban J connectivity index is 2.18. The molecule has 3 heteroatoms. The first kappa shape index (κ1) is 15.0. The maximum Gasteiger partial charge on any atom is 0.0282 e. The number of benzene rings is 1. The Hall–Kier alpha value is -0.380. The van der Waals surface area contributed by atoms with E-state index in [2.05, 4.69) is 78.1 Å². The fourth-order valence-corrected chi connectivity index (χ4v) is 2.98. The van der Waals surface area contributed by atoms with Crippen LogP contribution in [0.15, 0.2) is 28.7 Å². The van der Waals surface area contributed by atoms with Crippen LogP contribution < -0.4 is 5.32 Å². The van der Waals surface area contributed by atoms with Crippen LogP contribution in [0.1, 0.15) is 39.7 Å². The standard InChI is InChI=1S/C16H25BrN2/c1-5-16(4)12-19(15(2,3)11-18-16)10-13-8-6-7-9-14(13)17/h6-9,18H,5,10-12H2,1-4H3. The minimum Gasteiger partial charge on any atom is -0.308 e. The summed E-state index contributed by atoms with van der Waals surface area (Å²) in [6.45, 7) is 12.4. The van der Waals surface area contributed by atoms with Crippen molar-refractivity contribution in [1.82, 2.24) is 10.2 Å². The van der Waals surface area contributed by atoms with Gasteiger partial charge in [-0.3, -0.25) is 4.90 Å². The number of hydrogen-bond acceptors (Lipinski definition) is 2. The second-order valence-electron chi connectivity index (χ2n) is 6.53. The molecule has 1 aromatic carbocycles. The summed E-state index contributed by atoms with van der Waals surface area (Å²) < 4.78 is 1.21. The zero-order valence-electron chi connectivity index (χ0n) is 12.5. The molecule has 19 heavy (non-hydrogen) atoms. The molecule has 1 N–H and O–H groups in total. The van der Waals surface area contributed by atoms with Gasteiger partial charge in [-0.25, -0.2) is 0 Å². The minimum atomic E-state index is 0.198. The van der Waals surface area contributed by atoms with E-state index < -0.39 is 0 Å². The topological polar surface area (TPSA) is 15.3 Å². The number of rotatable bonds is 3. The van der Waals surface area contributed by atoms with Crippen molar-refractivity contribution in [3.05, 3.63) is 34.3 Å². The van der Waals surface area contributed by atoms with Gasteiger partial charge in [0.05, 0.1) is 0 Å². The summed E-state index contributed by atoms with van der Waals surface area (Å²) in [4.78, 5) is 2.60. The lowest BCUT2D eigenvalue weighted by Gasteiger charge is -2.51. The number of nitrogens with zero attached hydrogens (tertiary/aromatic N) is 1. The predicted molar refractivity (Wildman–Crippen MR) is 85.3 cm³/mol. The highest BCUT2D eigenvalue weighted by atomic mass is 79.9. The molecule has 0 amide bonds. The van der Waals surface area contributed by atoms with Gasteiger partial charge in [0, 0.05) is 35.2 Å². The minimum absolute atomic E-state index is 0.198. The van der Waals surface area contributed by atoms with Crippen molar-refractivity contribution in [3.8, 4) is 0 Å². The molecule has 0 aromatic heterocycles. The molecule has 1 aromatic rings. The molecule has 0 saturated carbocycles. The second kappa shape index (κ2) is 5.55. The maximum atomic E-state index is 3.71. The van der Waals surface area contributed by atoms with E-state index in [0.717, 1.165) is 26.1 Å². The van der Waals surface area contributed by atoms with E-state index in [1.807, 2.05) is 0 Å². The Morgan fingerprint density at radius 3 is 2.58 bits per heavy atom. The lowest BCUT2D eigenvalue weighted by Crippen LogP contribution is -2.66. The molecular formula is C16H25BrN2. The normalized spacial score (nSPS) is 27.4. The monoisotopic (exact) mass is 324 g/mol. The molecule has 0 spiro atoms. The molecule has 1 saturated heterocycles. The number of halogens is 1. The summed E-state index contributed by atoms with van der Waals surface area (Å²) in [5, 5.41) is 3.71. The van der Waals surface area contributed by atoms with Crippen LogP contribution in [-0.2, 0) is 6.54 Å². The van der Waals surface area contributed by atoms with Crippen molar-refractivity contribution in [2.45, 2.75) is 51.7 Å². The summed E-state index contributed by atoms with van der Waals surface area (Å²) in [7, 11) is 0. The average molecular weight is 325 g/mol. The van der Waals surface area contributed by atoms with Gasteiger partial charge in [-0.05, 0) is 38.8 Å². The Morgan fingerprint density at radius 1 is 1.26 bits per heavy atom. The van der Waals surface area contributed by atoms with Crippen LogP contribution in [-0.4, -0.2) is 29.1 Å². The Morgan fingerprint density at radius 2 is 1.95 bits per heavy atom. The molecule has 2 nitrogen and oxygen atoms in total. The SMILES string of the molecule is CCC1(C)CN(Cc2ccccc2Br)C(C)(C)CN1. The van der Waals surface area contributed by atoms with Gasteiger partial charge in [0.15, 0.2) is 0 Å². The van der Waals surface area contributed by atoms with Crippen LogP contribution in [0.25, 0.3) is 0 Å². The van der Waals surface area contributed by atoms with Crippen LogP contribution in [0.4, 0.5) is 0 Å². The first-order valence-electron chi connectivity index (χ1n) is 7.10. The second-order valence-corrected chi connectivity index (χ2v) is 7.38. The largest absolute Gasteiger partial charge is 0.308 e. The van der Waals surface area contributed by atoms with Crippen molar-refractivity contribution in [3.63, 3.8) is 0 Å². The number of nitrogens with one attached hydrogen (secondary N) is 1. The Bertz CT molecular complexity index is 444. The highest BCUT2D eigenvalue weighted by Crippen LogP contribution is 2.29. The van der Waals surface area contributed by atoms with Crippen molar-refractivity contribution in [1.29, 1.82) is 0 Å². The van der Waals surface area contributed by atoms with Crippen LogP contribution in [0, 0.1) is 0 Å². The van der Waals surface area contributed by atoms with Crippen LogP contribution in [0.5, 0.6) is 0 Å². The third-order valence-corrected chi connectivity index (χ3v) is 5.22. The molecule has 1 atom stereocenters. The van der Waals surface area contributed by atoms with Gasteiger partial charge >= 0.3 is 0 Å². The van der Waals surface area contributed by atoms with Gasteiger partial charge in [0.25, 0.3) is 0 Å². The Kier molecular flexibility index (Phi) is 4.38. The first-order chi connectivity index (χ1) is 8.86. The van der Waals surface area contributed by atoms with Crippen LogP contribution >= 0.6 is 15.9 Å². The lowest BCUT2D eigenvalue weighted by molar-refractivity contribution is 0.0244. The number of piperazine rings is 1. The molecule has 1 aliphatic rings. The molecule has 0 aliphatic carbocycles. The number of hydrogen-bond donors (Lipinski definition) is 1. The zero-order valence-corrected chi connectivity index (χ0v) is 14.0. The third kappa shape index (κ3) is 3.39. The van der Waals surface area contributed by atoms with E-state index in [-0.39, 0.29) is 11.1 Å². The van der Waals surface area contributed by atoms with Gasteiger partial charge in [-0.2, -0.15) is 0 Å². The molecule has 2 rings (SSSR count). The van der Waals surface area contributed by atoms with Gasteiger partial charge in [0.1, 0.15) is 0 Å². The van der Waals surface area contributed by atoms with Gasteiger partial charge < -0.3 is 5.32 Å². The van der Waals surface area contributed by atoms with Crippen molar-refractivity contribution in [2.75, 3.05) is 13.1 Å². The summed E-state index contributed by atoms with van der Waals surface area (Å²) in [6, 6.07) is 8.54. The quantitative estimate of drug-likeness (QED) is 0.909. The van der Waals surface area contributed by atoms with Crippen molar-refractivity contribution < 1.29 is 0 Å². The maximum absolute atomic E-state index is 3.71. The van der Waals surface area contributed by atoms with Crippen LogP contribution in [0.2, 0.25) is 0 Å². The third-order valence-electron chi connectivity index (χ3n) is 4.44. The van der Waals surface area contributed by atoms with Crippen molar-refractivity contribution in [2.24, 2.45) is 0 Å². The first-order valence-corrected chi connectivity index (χ1v) is 7.89. The predicted octanol–water partition coefficient (Wildman–Crippen LogP) is 3.80. The van der Waals surface area contributed by atoms with Gasteiger partial charge in [-0.15, -0.1) is 0 Å². The molecular weight excluding hydrogens is 300 g/mol. The lowest BCUT2D eigenvalue weighted by atomic mass is 9.88. The fraction of sp³-hybridized carbons (Fsp3) is 0.625. The highest BCUT2D eigenvalue weighted by molar-refractivity contribution is 9.10. The molecule has 1 aliphatic heterocycles. The fourth-order valence-electron chi connectivity index (χ4n) is 2.57. The van der Waals surface area contributed by atoms with Gasteiger partial charge in [0.2, 0.25) is 0 Å². The van der Waals surface area contributed by atoms with E-state index in [9.17, 15) is 0 Å². The van der Waals surface area contributed by atoms with E-state index >= 15 is 0 Å². The summed E-state index contributed by atoms with van der Waals surface area (Å²) in [5.41, 5.74) is 1.80. The molecule has 1 heterocycles. The molecule has 0 radical (unpaired) electrons. The Labute approximate surface area is 125 Å². The van der Waals surface area contributed by atoms with E-state index in [1.165, 1.54) is 10.0 Å². The summed E-state index contributed by atoms with van der Waals surface area (Å²) in [6.07, 6.45) is 1.16. The summed E-state index contributed by atoms with van der Waals surface area (Å²) in [5.74, 6) is 0. The molecule has 1 unspecified atom stereocenters.